The van der Waals surface area contributed by atoms with Crippen LogP contribution in [0.3, 0.4) is 0 Å². The molecule has 0 heterocycles. The Morgan fingerprint density at radius 1 is 1.22 bits per heavy atom. The fourth-order valence-corrected chi connectivity index (χ4v) is 2.81. The highest BCUT2D eigenvalue weighted by Crippen LogP contribution is 2.29. The second-order valence-electron chi connectivity index (χ2n) is 4.21. The Morgan fingerprint density at radius 3 is 2.56 bits per heavy atom. The number of nitrogens with two attached hydrogens (primary N) is 1. The van der Waals surface area contributed by atoms with Crippen molar-refractivity contribution in [3.05, 3.63) is 68.4 Å². The molecule has 18 heavy (non-hydrogen) atoms. The van der Waals surface area contributed by atoms with Gasteiger partial charge in [0.05, 0.1) is 6.04 Å². The Balaban J connectivity index is 2.44. The predicted octanol–water partition coefficient (Wildman–Crippen LogP) is 4.60. The SMILES string of the molecule is Cc1cc(F)cc(C(N)c2ccc(Cl)cc2Br)c1. The lowest BCUT2D eigenvalue weighted by Crippen LogP contribution is -2.13. The molecule has 0 bridgehead atoms. The summed E-state index contributed by atoms with van der Waals surface area (Å²) in [5.74, 6) is -0.273. The van der Waals surface area contributed by atoms with E-state index >= 15 is 0 Å². The predicted molar refractivity (Wildman–Crippen MR) is 76.3 cm³/mol. The third-order valence-corrected chi connectivity index (χ3v) is 3.64. The van der Waals surface area contributed by atoms with E-state index in [1.165, 1.54) is 12.1 Å². The average Bonchev–Trinajstić information content (AvgIpc) is 2.26. The van der Waals surface area contributed by atoms with E-state index in [0.29, 0.717) is 5.02 Å². The zero-order valence-corrected chi connectivity index (χ0v) is 12.1. The largest absolute Gasteiger partial charge is 0.320 e. The van der Waals surface area contributed by atoms with E-state index in [2.05, 4.69) is 15.9 Å². The summed E-state index contributed by atoms with van der Waals surface area (Å²) in [7, 11) is 0. The van der Waals surface area contributed by atoms with Crippen LogP contribution in [0.5, 0.6) is 0 Å². The molecule has 2 N–H and O–H groups in total. The minimum absolute atomic E-state index is 0.273. The quantitative estimate of drug-likeness (QED) is 0.856. The second kappa shape index (κ2) is 5.39. The fourth-order valence-electron chi connectivity index (χ4n) is 1.88. The molecule has 0 amide bonds. The first-order valence-electron chi connectivity index (χ1n) is 5.45. The van der Waals surface area contributed by atoms with Crippen molar-refractivity contribution in [2.75, 3.05) is 0 Å². The van der Waals surface area contributed by atoms with Crippen LogP contribution in [0.2, 0.25) is 5.02 Å². The molecule has 2 rings (SSSR count). The third-order valence-electron chi connectivity index (χ3n) is 2.72. The number of hydrogen-bond acceptors (Lipinski definition) is 1. The minimum atomic E-state index is -0.383. The molecule has 1 atom stereocenters. The maximum Gasteiger partial charge on any atom is 0.123 e. The van der Waals surface area contributed by atoms with E-state index in [0.717, 1.165) is 21.2 Å². The Hall–Kier alpha value is -0.900. The van der Waals surface area contributed by atoms with Gasteiger partial charge in [0, 0.05) is 9.50 Å². The summed E-state index contributed by atoms with van der Waals surface area (Å²) < 4.78 is 14.2. The van der Waals surface area contributed by atoms with Gasteiger partial charge in [-0.2, -0.15) is 0 Å². The molecule has 0 aliphatic rings. The molecule has 1 nitrogen and oxygen atoms in total. The van der Waals surface area contributed by atoms with Gasteiger partial charge in [-0.3, -0.25) is 0 Å². The van der Waals surface area contributed by atoms with Crippen molar-refractivity contribution >= 4 is 27.5 Å². The Morgan fingerprint density at radius 2 is 1.94 bits per heavy atom. The van der Waals surface area contributed by atoms with Gasteiger partial charge in [-0.1, -0.05) is 39.7 Å². The van der Waals surface area contributed by atoms with Crippen LogP contribution in [-0.2, 0) is 0 Å². The summed E-state index contributed by atoms with van der Waals surface area (Å²) in [6.45, 7) is 1.84. The molecular formula is C14H12BrClFN. The van der Waals surface area contributed by atoms with Gasteiger partial charge in [-0.25, -0.2) is 4.39 Å². The number of aryl methyl sites for hydroxylation is 1. The number of hydrogen-bond donors (Lipinski definition) is 1. The molecule has 0 saturated heterocycles. The van der Waals surface area contributed by atoms with Crippen LogP contribution in [0.1, 0.15) is 22.7 Å². The summed E-state index contributed by atoms with van der Waals surface area (Å²) in [5, 5.41) is 0.633. The topological polar surface area (TPSA) is 26.0 Å². The van der Waals surface area contributed by atoms with Gasteiger partial charge in [0.2, 0.25) is 0 Å². The average molecular weight is 329 g/mol. The van der Waals surface area contributed by atoms with Crippen LogP contribution in [0, 0.1) is 12.7 Å². The number of halogens is 3. The van der Waals surface area contributed by atoms with Crippen LogP contribution in [-0.4, -0.2) is 0 Å². The lowest BCUT2D eigenvalue weighted by atomic mass is 9.98. The van der Waals surface area contributed by atoms with Crippen LogP contribution in [0.25, 0.3) is 0 Å². The standard InChI is InChI=1S/C14H12BrClFN/c1-8-4-9(6-11(17)5-8)14(18)12-3-2-10(16)7-13(12)15/h2-7,14H,18H2,1H3. The van der Waals surface area contributed by atoms with Gasteiger partial charge >= 0.3 is 0 Å². The van der Waals surface area contributed by atoms with Crippen LogP contribution >= 0.6 is 27.5 Å². The lowest BCUT2D eigenvalue weighted by molar-refractivity contribution is 0.622. The first kappa shape index (κ1) is 13.5. The van der Waals surface area contributed by atoms with Crippen molar-refractivity contribution in [1.29, 1.82) is 0 Å². The van der Waals surface area contributed by atoms with Gasteiger partial charge in [0.1, 0.15) is 5.82 Å². The van der Waals surface area contributed by atoms with Crippen molar-refractivity contribution in [3.8, 4) is 0 Å². The summed E-state index contributed by atoms with van der Waals surface area (Å²) >= 11 is 9.31. The van der Waals surface area contributed by atoms with Gasteiger partial charge in [-0.15, -0.1) is 0 Å². The lowest BCUT2D eigenvalue weighted by Gasteiger charge is -2.15. The highest BCUT2D eigenvalue weighted by atomic mass is 79.9. The monoisotopic (exact) mass is 327 g/mol. The van der Waals surface area contributed by atoms with Crippen molar-refractivity contribution in [2.24, 2.45) is 5.73 Å². The van der Waals surface area contributed by atoms with Crippen LogP contribution < -0.4 is 5.73 Å². The normalized spacial score (nSPS) is 12.5. The summed E-state index contributed by atoms with van der Waals surface area (Å²) in [6.07, 6.45) is 0. The van der Waals surface area contributed by atoms with Crippen LogP contribution in [0.15, 0.2) is 40.9 Å². The molecule has 1 unspecified atom stereocenters. The highest BCUT2D eigenvalue weighted by Gasteiger charge is 2.13. The first-order chi connectivity index (χ1) is 8.47. The van der Waals surface area contributed by atoms with E-state index in [1.54, 1.807) is 12.1 Å². The molecule has 0 aromatic heterocycles. The number of rotatable bonds is 2. The molecule has 0 radical (unpaired) electrons. The van der Waals surface area contributed by atoms with Crippen molar-refractivity contribution in [3.63, 3.8) is 0 Å². The molecule has 94 valence electrons. The van der Waals surface area contributed by atoms with E-state index in [9.17, 15) is 4.39 Å². The third kappa shape index (κ3) is 2.91. The maximum absolute atomic E-state index is 13.4. The first-order valence-corrected chi connectivity index (χ1v) is 6.62. The van der Waals surface area contributed by atoms with Crippen LogP contribution in [0.4, 0.5) is 4.39 Å². The zero-order valence-electron chi connectivity index (χ0n) is 9.75. The summed E-state index contributed by atoms with van der Waals surface area (Å²) in [4.78, 5) is 0. The van der Waals surface area contributed by atoms with E-state index in [1.807, 2.05) is 19.1 Å². The van der Waals surface area contributed by atoms with Gasteiger partial charge in [0.25, 0.3) is 0 Å². The molecule has 0 fully saturated rings. The maximum atomic E-state index is 13.4. The minimum Gasteiger partial charge on any atom is -0.320 e. The zero-order chi connectivity index (χ0) is 13.3. The summed E-state index contributed by atoms with van der Waals surface area (Å²) in [6, 6.07) is 9.83. The molecule has 4 heteroatoms. The van der Waals surface area contributed by atoms with E-state index in [4.69, 9.17) is 17.3 Å². The Kier molecular flexibility index (Phi) is 4.05. The van der Waals surface area contributed by atoms with Gasteiger partial charge in [0.15, 0.2) is 0 Å². The molecule has 0 saturated carbocycles. The van der Waals surface area contributed by atoms with Gasteiger partial charge in [-0.05, 0) is 47.9 Å². The number of benzene rings is 2. The smallest absolute Gasteiger partial charge is 0.123 e. The van der Waals surface area contributed by atoms with E-state index < -0.39 is 0 Å². The molecule has 2 aromatic carbocycles. The Bertz CT molecular complexity index is 566. The molecular weight excluding hydrogens is 317 g/mol. The summed E-state index contributed by atoms with van der Waals surface area (Å²) in [5.41, 5.74) is 8.64. The van der Waals surface area contributed by atoms with E-state index in [-0.39, 0.29) is 11.9 Å². The molecule has 0 aliphatic carbocycles. The van der Waals surface area contributed by atoms with Gasteiger partial charge < -0.3 is 5.73 Å². The molecule has 0 aliphatic heterocycles. The second-order valence-corrected chi connectivity index (χ2v) is 5.50. The molecule has 0 spiro atoms. The highest BCUT2D eigenvalue weighted by molar-refractivity contribution is 9.10. The van der Waals surface area contributed by atoms with Crippen molar-refractivity contribution < 1.29 is 4.39 Å². The fraction of sp³-hybridized carbons (Fsp3) is 0.143. The molecule has 2 aromatic rings. The Labute approximate surface area is 119 Å². The van der Waals surface area contributed by atoms with Crippen molar-refractivity contribution in [2.45, 2.75) is 13.0 Å². The van der Waals surface area contributed by atoms with Crippen molar-refractivity contribution in [1.82, 2.24) is 0 Å².